The van der Waals surface area contributed by atoms with Crippen molar-refractivity contribution in [3.05, 3.63) is 42.1 Å². The number of alkyl halides is 3. The highest BCUT2D eigenvalue weighted by Crippen LogP contribution is 2.36. The Morgan fingerprint density at radius 2 is 1.81 bits per heavy atom. The van der Waals surface area contributed by atoms with Gasteiger partial charge in [-0.15, -0.1) is 0 Å². The standard InChI is InChI=1S/C13H6F3N5/c14-13(15,16)8-1-9(10-6-20-21-11(10)2-8)7-4-18-12(3-17)19-5-7/h1-2,4-6H,(H,20,21). The van der Waals surface area contributed by atoms with E-state index in [0.717, 1.165) is 12.1 Å². The van der Waals surface area contributed by atoms with Crippen LogP contribution >= 0.6 is 0 Å². The van der Waals surface area contributed by atoms with E-state index in [2.05, 4.69) is 20.2 Å². The molecule has 0 radical (unpaired) electrons. The molecule has 3 rings (SSSR count). The molecule has 0 atom stereocenters. The molecule has 0 fully saturated rings. The summed E-state index contributed by atoms with van der Waals surface area (Å²) in [4.78, 5) is 7.55. The van der Waals surface area contributed by atoms with E-state index in [-0.39, 0.29) is 11.3 Å². The molecule has 0 bridgehead atoms. The van der Waals surface area contributed by atoms with Crippen molar-refractivity contribution >= 4 is 10.9 Å². The summed E-state index contributed by atoms with van der Waals surface area (Å²) in [6, 6.07) is 3.77. The van der Waals surface area contributed by atoms with E-state index in [4.69, 9.17) is 5.26 Å². The van der Waals surface area contributed by atoms with Gasteiger partial charge in [-0.05, 0) is 17.7 Å². The predicted molar refractivity (Wildman–Crippen MR) is 66.8 cm³/mol. The van der Waals surface area contributed by atoms with Gasteiger partial charge in [0.15, 0.2) is 0 Å². The molecule has 2 aromatic heterocycles. The second kappa shape index (κ2) is 4.56. The monoisotopic (exact) mass is 289 g/mol. The molecule has 8 heteroatoms. The first-order chi connectivity index (χ1) is 9.99. The summed E-state index contributed by atoms with van der Waals surface area (Å²) in [5.41, 5.74) is 0.160. The maximum Gasteiger partial charge on any atom is 0.416 e. The Morgan fingerprint density at radius 3 is 2.43 bits per heavy atom. The second-order valence-electron chi connectivity index (χ2n) is 4.26. The van der Waals surface area contributed by atoms with Crippen LogP contribution in [0.25, 0.3) is 22.0 Å². The number of H-pyrrole nitrogens is 1. The van der Waals surface area contributed by atoms with E-state index in [1.54, 1.807) is 6.07 Å². The van der Waals surface area contributed by atoms with E-state index in [1.165, 1.54) is 18.6 Å². The number of hydrogen-bond donors (Lipinski definition) is 1. The summed E-state index contributed by atoms with van der Waals surface area (Å²) in [5, 5.41) is 15.5. The number of aromatic amines is 1. The SMILES string of the molecule is N#Cc1ncc(-c2cc(C(F)(F)F)cc3[nH]ncc23)cn1. The maximum atomic E-state index is 12.9. The fraction of sp³-hybridized carbons (Fsp3) is 0.0769. The third kappa shape index (κ3) is 2.29. The highest BCUT2D eigenvalue weighted by Gasteiger charge is 2.31. The van der Waals surface area contributed by atoms with E-state index < -0.39 is 11.7 Å². The average molecular weight is 289 g/mol. The largest absolute Gasteiger partial charge is 0.416 e. The molecular formula is C13H6F3N5. The van der Waals surface area contributed by atoms with Crippen LogP contribution in [0.1, 0.15) is 11.4 Å². The van der Waals surface area contributed by atoms with Crippen LogP contribution in [-0.2, 0) is 6.18 Å². The van der Waals surface area contributed by atoms with Crippen LogP contribution in [-0.4, -0.2) is 20.2 Å². The van der Waals surface area contributed by atoms with Crippen molar-refractivity contribution in [3.63, 3.8) is 0 Å². The number of nitrogens with one attached hydrogen (secondary N) is 1. The van der Waals surface area contributed by atoms with E-state index in [1.807, 2.05) is 0 Å². The molecule has 0 saturated carbocycles. The highest BCUT2D eigenvalue weighted by atomic mass is 19.4. The number of benzene rings is 1. The minimum atomic E-state index is -4.47. The third-order valence-electron chi connectivity index (χ3n) is 2.95. The zero-order valence-electron chi connectivity index (χ0n) is 10.3. The summed E-state index contributed by atoms with van der Waals surface area (Å²) in [6.07, 6.45) is -0.411. The van der Waals surface area contributed by atoms with E-state index in [0.29, 0.717) is 16.5 Å². The van der Waals surface area contributed by atoms with Gasteiger partial charge in [-0.1, -0.05) is 0 Å². The van der Waals surface area contributed by atoms with Crippen molar-refractivity contribution in [2.24, 2.45) is 0 Å². The Bertz CT molecular complexity index is 843. The van der Waals surface area contributed by atoms with Crippen LogP contribution < -0.4 is 0 Å². The van der Waals surface area contributed by atoms with Gasteiger partial charge in [-0.3, -0.25) is 5.10 Å². The molecule has 1 N–H and O–H groups in total. The Hall–Kier alpha value is -2.95. The lowest BCUT2D eigenvalue weighted by atomic mass is 10.0. The second-order valence-corrected chi connectivity index (χ2v) is 4.26. The lowest BCUT2D eigenvalue weighted by Crippen LogP contribution is -2.05. The zero-order chi connectivity index (χ0) is 15.0. The van der Waals surface area contributed by atoms with E-state index in [9.17, 15) is 13.2 Å². The summed E-state index contributed by atoms with van der Waals surface area (Å²) in [7, 11) is 0. The smallest absolute Gasteiger partial charge is 0.278 e. The molecule has 104 valence electrons. The molecular weight excluding hydrogens is 283 g/mol. The first-order valence-electron chi connectivity index (χ1n) is 5.76. The molecule has 1 aromatic carbocycles. The van der Waals surface area contributed by atoms with Gasteiger partial charge in [0, 0.05) is 23.3 Å². The van der Waals surface area contributed by atoms with Crippen LogP contribution in [0.15, 0.2) is 30.7 Å². The van der Waals surface area contributed by atoms with Crippen molar-refractivity contribution in [2.75, 3.05) is 0 Å². The maximum absolute atomic E-state index is 12.9. The minimum absolute atomic E-state index is 0.0471. The van der Waals surface area contributed by atoms with Gasteiger partial charge in [0.25, 0.3) is 0 Å². The summed E-state index contributed by atoms with van der Waals surface area (Å²) in [5.74, 6) is -0.0471. The molecule has 0 aliphatic heterocycles. The molecule has 21 heavy (non-hydrogen) atoms. The van der Waals surface area contributed by atoms with Crippen molar-refractivity contribution in [3.8, 4) is 17.2 Å². The molecule has 0 amide bonds. The zero-order valence-corrected chi connectivity index (χ0v) is 10.3. The number of rotatable bonds is 1. The Kier molecular flexibility index (Phi) is 2.83. The quantitative estimate of drug-likeness (QED) is 0.747. The molecule has 0 unspecified atom stereocenters. The molecule has 5 nitrogen and oxygen atoms in total. The van der Waals surface area contributed by atoms with Crippen LogP contribution in [0.3, 0.4) is 0 Å². The van der Waals surface area contributed by atoms with Gasteiger partial charge < -0.3 is 0 Å². The van der Waals surface area contributed by atoms with Crippen molar-refractivity contribution in [2.45, 2.75) is 6.18 Å². The van der Waals surface area contributed by atoms with Gasteiger partial charge in [-0.2, -0.15) is 23.5 Å². The first-order valence-corrected chi connectivity index (χ1v) is 5.76. The molecule has 0 aliphatic carbocycles. The number of aromatic nitrogens is 4. The lowest BCUT2D eigenvalue weighted by Gasteiger charge is -2.10. The van der Waals surface area contributed by atoms with Gasteiger partial charge in [0.2, 0.25) is 5.82 Å². The molecule has 3 aromatic rings. The summed E-state index contributed by atoms with van der Waals surface area (Å²) >= 11 is 0. The van der Waals surface area contributed by atoms with Crippen LogP contribution in [0.2, 0.25) is 0 Å². The van der Waals surface area contributed by atoms with E-state index >= 15 is 0 Å². The Labute approximate surface area is 116 Å². The topological polar surface area (TPSA) is 78.2 Å². The fourth-order valence-electron chi connectivity index (χ4n) is 1.98. The number of halogens is 3. The van der Waals surface area contributed by atoms with Gasteiger partial charge in [0.1, 0.15) is 6.07 Å². The first kappa shape index (κ1) is 13.1. The van der Waals surface area contributed by atoms with Crippen molar-refractivity contribution in [1.82, 2.24) is 20.2 Å². The van der Waals surface area contributed by atoms with Gasteiger partial charge >= 0.3 is 6.18 Å². The summed E-state index contributed by atoms with van der Waals surface area (Å²) < 4.78 is 38.8. The normalized spacial score (nSPS) is 11.5. The summed E-state index contributed by atoms with van der Waals surface area (Å²) in [6.45, 7) is 0. The van der Waals surface area contributed by atoms with Crippen LogP contribution in [0, 0.1) is 11.3 Å². The lowest BCUT2D eigenvalue weighted by molar-refractivity contribution is -0.137. The molecule has 2 heterocycles. The highest BCUT2D eigenvalue weighted by molar-refractivity contribution is 5.94. The molecule has 0 saturated heterocycles. The van der Waals surface area contributed by atoms with Crippen LogP contribution in [0.4, 0.5) is 13.2 Å². The van der Waals surface area contributed by atoms with Crippen molar-refractivity contribution in [1.29, 1.82) is 5.26 Å². The molecule has 0 aliphatic rings. The molecule has 0 spiro atoms. The van der Waals surface area contributed by atoms with Gasteiger partial charge in [0.05, 0.1) is 17.3 Å². The number of nitrogens with zero attached hydrogens (tertiary/aromatic N) is 4. The number of fused-ring (bicyclic) bond motifs is 1. The Balaban J connectivity index is 2.24. The van der Waals surface area contributed by atoms with Crippen LogP contribution in [0.5, 0.6) is 0 Å². The van der Waals surface area contributed by atoms with Crippen molar-refractivity contribution < 1.29 is 13.2 Å². The van der Waals surface area contributed by atoms with Gasteiger partial charge in [-0.25, -0.2) is 9.97 Å². The minimum Gasteiger partial charge on any atom is -0.278 e. The fourth-order valence-corrected chi connectivity index (χ4v) is 1.98. The third-order valence-corrected chi connectivity index (χ3v) is 2.95. The average Bonchev–Trinajstić information content (AvgIpc) is 2.94. The number of nitriles is 1. The Morgan fingerprint density at radius 1 is 1.10 bits per heavy atom. The predicted octanol–water partition coefficient (Wildman–Crippen LogP) is 2.91. The number of hydrogen-bond acceptors (Lipinski definition) is 4.